The van der Waals surface area contributed by atoms with Crippen LogP contribution in [0.1, 0.15) is 27.6 Å². The van der Waals surface area contributed by atoms with Crippen LogP contribution in [0.4, 0.5) is 5.69 Å². The highest BCUT2D eigenvalue weighted by Gasteiger charge is 2.37. The van der Waals surface area contributed by atoms with Gasteiger partial charge in [-0.1, -0.05) is 19.1 Å². The van der Waals surface area contributed by atoms with Crippen LogP contribution in [0, 0.1) is 5.92 Å². The van der Waals surface area contributed by atoms with Gasteiger partial charge in [0.25, 0.3) is 11.8 Å². The Morgan fingerprint density at radius 3 is 2.32 bits per heavy atom. The van der Waals surface area contributed by atoms with Gasteiger partial charge in [-0.3, -0.25) is 19.3 Å². The Balaban J connectivity index is 2.01. The Hall–Kier alpha value is -2.69. The predicted molar refractivity (Wildman–Crippen MR) is 81.9 cm³/mol. The van der Waals surface area contributed by atoms with Crippen molar-refractivity contribution in [1.82, 2.24) is 4.90 Å². The summed E-state index contributed by atoms with van der Waals surface area (Å²) in [6, 6.07) is 8.89. The fourth-order valence-electron chi connectivity index (χ4n) is 3.25. The van der Waals surface area contributed by atoms with Crippen molar-refractivity contribution in [3.63, 3.8) is 0 Å². The highest BCUT2D eigenvalue weighted by Crippen LogP contribution is 2.38. The maximum Gasteiger partial charge on any atom is 0.261 e. The van der Waals surface area contributed by atoms with E-state index in [1.807, 2.05) is 13.0 Å². The van der Waals surface area contributed by atoms with Crippen molar-refractivity contribution in [2.24, 2.45) is 5.92 Å². The van der Waals surface area contributed by atoms with Crippen molar-refractivity contribution >= 4 is 34.2 Å². The van der Waals surface area contributed by atoms with E-state index in [-0.39, 0.29) is 23.6 Å². The second-order valence-corrected chi connectivity index (χ2v) is 5.88. The first-order chi connectivity index (χ1) is 10.5. The summed E-state index contributed by atoms with van der Waals surface area (Å²) < 4.78 is 0. The van der Waals surface area contributed by atoms with Gasteiger partial charge < -0.3 is 4.90 Å². The molecule has 2 aromatic rings. The molecule has 0 bridgehead atoms. The Labute approximate surface area is 127 Å². The van der Waals surface area contributed by atoms with E-state index < -0.39 is 0 Å². The number of nitrogens with zero attached hydrogens (tertiary/aromatic N) is 2. The van der Waals surface area contributed by atoms with Crippen LogP contribution < -0.4 is 4.90 Å². The van der Waals surface area contributed by atoms with Crippen LogP contribution in [0.25, 0.3) is 10.8 Å². The largest absolute Gasteiger partial charge is 0.311 e. The van der Waals surface area contributed by atoms with E-state index in [0.29, 0.717) is 23.1 Å². The summed E-state index contributed by atoms with van der Waals surface area (Å²) in [5, 5.41) is 1.44. The van der Waals surface area contributed by atoms with Crippen molar-refractivity contribution in [3.05, 3.63) is 41.5 Å². The first-order valence-electron chi connectivity index (χ1n) is 7.20. The Morgan fingerprint density at radius 2 is 1.68 bits per heavy atom. The number of hydrogen-bond donors (Lipinski definition) is 0. The first-order valence-corrected chi connectivity index (χ1v) is 7.20. The lowest BCUT2D eigenvalue weighted by atomic mass is 9.91. The zero-order valence-corrected chi connectivity index (χ0v) is 12.3. The molecule has 0 saturated carbocycles. The number of hydrogen-bond acceptors (Lipinski definition) is 3. The van der Waals surface area contributed by atoms with E-state index in [0.717, 1.165) is 16.0 Å². The second kappa shape index (κ2) is 4.16. The SMILES string of the molecule is CC1CN(c2ccc3c4c(cccc24)C(=O)N(C)C3=O)C1=O. The number of amides is 3. The van der Waals surface area contributed by atoms with Crippen LogP contribution in [0.5, 0.6) is 0 Å². The van der Waals surface area contributed by atoms with Crippen molar-refractivity contribution in [2.75, 3.05) is 18.5 Å². The third-order valence-electron chi connectivity index (χ3n) is 4.52. The first kappa shape index (κ1) is 13.0. The Kier molecular flexibility index (Phi) is 2.46. The minimum absolute atomic E-state index is 0.0280. The molecule has 2 aromatic carbocycles. The molecule has 1 atom stereocenters. The van der Waals surface area contributed by atoms with Crippen LogP contribution in [-0.2, 0) is 4.79 Å². The molecule has 2 aliphatic rings. The molecule has 2 heterocycles. The van der Waals surface area contributed by atoms with Crippen molar-refractivity contribution < 1.29 is 14.4 Å². The van der Waals surface area contributed by atoms with Crippen LogP contribution in [-0.4, -0.2) is 36.2 Å². The van der Waals surface area contributed by atoms with E-state index in [9.17, 15) is 14.4 Å². The molecule has 1 fully saturated rings. The second-order valence-electron chi connectivity index (χ2n) is 5.88. The topological polar surface area (TPSA) is 57.7 Å². The van der Waals surface area contributed by atoms with Gasteiger partial charge in [0, 0.05) is 35.5 Å². The molecular formula is C17H14N2O3. The fraction of sp³-hybridized carbons (Fsp3) is 0.235. The molecule has 5 heteroatoms. The van der Waals surface area contributed by atoms with Crippen molar-refractivity contribution in [2.45, 2.75) is 6.92 Å². The van der Waals surface area contributed by atoms with Gasteiger partial charge in [-0.25, -0.2) is 0 Å². The summed E-state index contributed by atoms with van der Waals surface area (Å²) in [5.41, 5.74) is 1.80. The molecule has 0 radical (unpaired) electrons. The Morgan fingerprint density at radius 1 is 1.00 bits per heavy atom. The lowest BCUT2D eigenvalue weighted by molar-refractivity contribution is -0.126. The number of β-lactam (4-membered cyclic amide) rings is 1. The monoisotopic (exact) mass is 294 g/mol. The number of benzene rings is 2. The van der Waals surface area contributed by atoms with Gasteiger partial charge >= 0.3 is 0 Å². The Bertz CT molecular complexity index is 849. The molecule has 110 valence electrons. The quantitative estimate of drug-likeness (QED) is 0.597. The van der Waals surface area contributed by atoms with Crippen LogP contribution in [0.15, 0.2) is 30.3 Å². The van der Waals surface area contributed by atoms with Gasteiger partial charge in [0.15, 0.2) is 0 Å². The summed E-state index contributed by atoms with van der Waals surface area (Å²) in [7, 11) is 1.49. The molecular weight excluding hydrogens is 280 g/mol. The summed E-state index contributed by atoms with van der Waals surface area (Å²) >= 11 is 0. The van der Waals surface area contributed by atoms with Gasteiger partial charge in [-0.15, -0.1) is 0 Å². The van der Waals surface area contributed by atoms with E-state index in [4.69, 9.17) is 0 Å². The average molecular weight is 294 g/mol. The standard InChI is InChI=1S/C17H14N2O3/c1-9-8-19(15(9)20)13-7-6-12-14-10(13)4-3-5-11(14)16(21)18(2)17(12)22/h3-7,9H,8H2,1-2H3. The van der Waals surface area contributed by atoms with Gasteiger partial charge in [0.2, 0.25) is 5.91 Å². The molecule has 22 heavy (non-hydrogen) atoms. The summed E-state index contributed by atoms with van der Waals surface area (Å²) in [6.07, 6.45) is 0. The maximum atomic E-state index is 12.3. The summed E-state index contributed by atoms with van der Waals surface area (Å²) in [6.45, 7) is 2.56. The molecule has 3 amide bonds. The minimum atomic E-state index is -0.302. The minimum Gasteiger partial charge on any atom is -0.311 e. The summed E-state index contributed by atoms with van der Waals surface area (Å²) in [5.74, 6) is -0.501. The van der Waals surface area contributed by atoms with Gasteiger partial charge in [-0.05, 0) is 18.2 Å². The smallest absolute Gasteiger partial charge is 0.261 e. The van der Waals surface area contributed by atoms with Crippen molar-refractivity contribution in [1.29, 1.82) is 0 Å². The lowest BCUT2D eigenvalue weighted by Crippen LogP contribution is -2.51. The molecule has 0 spiro atoms. The molecule has 0 aromatic heterocycles. The third-order valence-corrected chi connectivity index (χ3v) is 4.52. The van der Waals surface area contributed by atoms with Crippen LogP contribution >= 0.6 is 0 Å². The molecule has 2 aliphatic heterocycles. The van der Waals surface area contributed by atoms with Gasteiger partial charge in [0.05, 0.1) is 11.6 Å². The molecule has 1 saturated heterocycles. The van der Waals surface area contributed by atoms with E-state index in [1.165, 1.54) is 7.05 Å². The van der Waals surface area contributed by atoms with E-state index in [1.54, 1.807) is 29.2 Å². The lowest BCUT2D eigenvalue weighted by Gasteiger charge is -2.37. The van der Waals surface area contributed by atoms with E-state index >= 15 is 0 Å². The molecule has 0 aliphatic carbocycles. The number of rotatable bonds is 1. The maximum absolute atomic E-state index is 12.3. The van der Waals surface area contributed by atoms with Crippen molar-refractivity contribution in [3.8, 4) is 0 Å². The molecule has 0 N–H and O–H groups in total. The number of anilines is 1. The van der Waals surface area contributed by atoms with Crippen LogP contribution in [0.3, 0.4) is 0 Å². The zero-order valence-electron chi connectivity index (χ0n) is 12.3. The zero-order chi connectivity index (χ0) is 15.6. The third kappa shape index (κ3) is 1.45. The fourth-order valence-corrected chi connectivity index (χ4v) is 3.25. The molecule has 5 nitrogen and oxygen atoms in total. The number of carbonyl (C=O) groups excluding carboxylic acids is 3. The number of imide groups is 1. The highest BCUT2D eigenvalue weighted by atomic mass is 16.2. The average Bonchev–Trinajstić information content (AvgIpc) is 2.55. The van der Waals surface area contributed by atoms with Gasteiger partial charge in [0.1, 0.15) is 0 Å². The summed E-state index contributed by atoms with van der Waals surface area (Å²) in [4.78, 5) is 39.5. The normalized spacial score (nSPS) is 20.6. The van der Waals surface area contributed by atoms with Crippen LogP contribution in [0.2, 0.25) is 0 Å². The van der Waals surface area contributed by atoms with Gasteiger partial charge in [-0.2, -0.15) is 0 Å². The molecule has 4 rings (SSSR count). The van der Waals surface area contributed by atoms with E-state index in [2.05, 4.69) is 0 Å². The number of carbonyl (C=O) groups is 3. The molecule has 1 unspecified atom stereocenters. The highest BCUT2D eigenvalue weighted by molar-refractivity contribution is 6.27. The predicted octanol–water partition coefficient (Wildman–Crippen LogP) is 2.05.